The highest BCUT2D eigenvalue weighted by molar-refractivity contribution is 7.92. The van der Waals surface area contributed by atoms with Gasteiger partial charge in [-0.15, -0.1) is 0 Å². The molecule has 0 atom stereocenters. The van der Waals surface area contributed by atoms with Crippen LogP contribution < -0.4 is 0 Å². The monoisotopic (exact) mass is 285 g/mol. The van der Waals surface area contributed by atoms with Crippen molar-refractivity contribution in [2.45, 2.75) is 71.5 Å². The Bertz CT molecular complexity index is 453. The topological polar surface area (TPSA) is 57.9 Å². The lowest BCUT2D eigenvalue weighted by Gasteiger charge is -2.39. The standard InChI is InChI=1S/C15H27NO2S/c1-13(2,3)19(17,18)11-10-15(12-16)8-6-14(4,5)7-9-15/h6-11H2,1-5H3. The summed E-state index contributed by atoms with van der Waals surface area (Å²) in [7, 11) is -3.13. The van der Waals surface area contributed by atoms with Gasteiger partial charge >= 0.3 is 0 Å². The molecule has 0 aromatic heterocycles. The van der Waals surface area contributed by atoms with Gasteiger partial charge in [0, 0.05) is 0 Å². The second-order valence-electron chi connectivity index (χ2n) is 7.74. The lowest BCUT2D eigenvalue weighted by molar-refractivity contribution is 0.143. The minimum Gasteiger partial charge on any atom is -0.228 e. The highest BCUT2D eigenvalue weighted by Gasteiger charge is 2.40. The van der Waals surface area contributed by atoms with Gasteiger partial charge in [-0.05, 0) is 58.3 Å². The van der Waals surface area contributed by atoms with E-state index in [1.54, 1.807) is 20.8 Å². The van der Waals surface area contributed by atoms with Crippen molar-refractivity contribution in [2.75, 3.05) is 5.75 Å². The highest BCUT2D eigenvalue weighted by Crippen LogP contribution is 2.46. The largest absolute Gasteiger partial charge is 0.228 e. The Morgan fingerprint density at radius 2 is 1.58 bits per heavy atom. The Hall–Kier alpha value is -0.560. The molecule has 1 aliphatic rings. The van der Waals surface area contributed by atoms with Gasteiger partial charge in [-0.3, -0.25) is 0 Å². The van der Waals surface area contributed by atoms with Crippen molar-refractivity contribution < 1.29 is 8.42 Å². The minimum atomic E-state index is -3.13. The molecule has 0 heterocycles. The summed E-state index contributed by atoms with van der Waals surface area (Å²) in [5.74, 6) is 0.129. The molecule has 0 amide bonds. The molecule has 1 fully saturated rings. The van der Waals surface area contributed by atoms with E-state index in [1.165, 1.54) is 0 Å². The van der Waals surface area contributed by atoms with Gasteiger partial charge in [0.2, 0.25) is 0 Å². The Kier molecular flexibility index (Phi) is 4.42. The quantitative estimate of drug-likeness (QED) is 0.794. The van der Waals surface area contributed by atoms with Crippen LogP contribution in [0.3, 0.4) is 0 Å². The number of hydrogen-bond donors (Lipinski definition) is 0. The number of sulfone groups is 1. The summed E-state index contributed by atoms with van der Waals surface area (Å²) in [4.78, 5) is 0. The van der Waals surface area contributed by atoms with Gasteiger partial charge in [0.05, 0.1) is 22.0 Å². The zero-order valence-corrected chi connectivity index (χ0v) is 13.7. The van der Waals surface area contributed by atoms with Crippen molar-refractivity contribution in [3.8, 4) is 6.07 Å². The van der Waals surface area contributed by atoms with Crippen LogP contribution in [0.2, 0.25) is 0 Å². The average molecular weight is 285 g/mol. The van der Waals surface area contributed by atoms with Gasteiger partial charge in [-0.2, -0.15) is 5.26 Å². The van der Waals surface area contributed by atoms with E-state index < -0.39 is 20.0 Å². The van der Waals surface area contributed by atoms with Gasteiger partial charge in [-0.25, -0.2) is 8.42 Å². The molecule has 0 spiro atoms. The third kappa shape index (κ3) is 3.95. The predicted octanol–water partition coefficient (Wildman–Crippen LogP) is 3.70. The van der Waals surface area contributed by atoms with Gasteiger partial charge in [0.25, 0.3) is 0 Å². The summed E-state index contributed by atoms with van der Waals surface area (Å²) in [6, 6.07) is 2.41. The first-order valence-electron chi connectivity index (χ1n) is 7.07. The van der Waals surface area contributed by atoms with Crippen LogP contribution in [0.1, 0.15) is 66.7 Å². The van der Waals surface area contributed by atoms with Crippen molar-refractivity contribution in [3.05, 3.63) is 0 Å². The first-order valence-corrected chi connectivity index (χ1v) is 8.72. The fraction of sp³-hybridized carbons (Fsp3) is 0.933. The molecule has 0 bridgehead atoms. The minimum absolute atomic E-state index is 0.129. The summed E-state index contributed by atoms with van der Waals surface area (Å²) in [5.41, 5.74) is -0.128. The van der Waals surface area contributed by atoms with E-state index in [2.05, 4.69) is 19.9 Å². The number of nitriles is 1. The van der Waals surface area contributed by atoms with Crippen LogP contribution in [0.15, 0.2) is 0 Å². The van der Waals surface area contributed by atoms with Crippen LogP contribution in [-0.4, -0.2) is 18.9 Å². The van der Waals surface area contributed by atoms with E-state index in [9.17, 15) is 13.7 Å². The molecule has 4 heteroatoms. The summed E-state index contributed by atoms with van der Waals surface area (Å²) in [6.45, 7) is 9.63. The fourth-order valence-corrected chi connectivity index (χ4v) is 3.73. The molecule has 1 saturated carbocycles. The van der Waals surface area contributed by atoms with Crippen molar-refractivity contribution in [2.24, 2.45) is 10.8 Å². The Balaban J connectivity index is 2.74. The van der Waals surface area contributed by atoms with Crippen LogP contribution in [-0.2, 0) is 9.84 Å². The van der Waals surface area contributed by atoms with Crippen LogP contribution in [0.5, 0.6) is 0 Å². The number of nitrogens with zero attached hydrogens (tertiary/aromatic N) is 1. The van der Waals surface area contributed by atoms with Crippen LogP contribution in [0.4, 0.5) is 0 Å². The third-order valence-electron chi connectivity index (χ3n) is 4.58. The van der Waals surface area contributed by atoms with Gasteiger partial charge < -0.3 is 0 Å². The molecule has 110 valence electrons. The van der Waals surface area contributed by atoms with E-state index in [4.69, 9.17) is 0 Å². The highest BCUT2D eigenvalue weighted by atomic mass is 32.2. The molecule has 0 radical (unpaired) electrons. The zero-order valence-electron chi connectivity index (χ0n) is 12.9. The SMILES string of the molecule is CC1(C)CCC(C#N)(CCS(=O)(=O)C(C)(C)C)CC1. The average Bonchev–Trinajstić information content (AvgIpc) is 2.27. The third-order valence-corrected chi connectivity index (χ3v) is 7.19. The lowest BCUT2D eigenvalue weighted by Crippen LogP contribution is -2.35. The Labute approximate surface area is 118 Å². The molecule has 0 aromatic rings. The Morgan fingerprint density at radius 1 is 1.11 bits per heavy atom. The van der Waals surface area contributed by atoms with Crippen LogP contribution in [0.25, 0.3) is 0 Å². The molecule has 0 aromatic carbocycles. The zero-order chi connectivity index (χ0) is 14.9. The summed E-state index contributed by atoms with van der Waals surface area (Å²) in [5, 5.41) is 9.47. The molecular weight excluding hydrogens is 258 g/mol. The van der Waals surface area contributed by atoms with Crippen LogP contribution in [0, 0.1) is 22.2 Å². The predicted molar refractivity (Wildman–Crippen MR) is 78.5 cm³/mol. The van der Waals surface area contributed by atoms with E-state index in [0.717, 1.165) is 25.7 Å². The molecule has 0 aliphatic heterocycles. The van der Waals surface area contributed by atoms with E-state index >= 15 is 0 Å². The molecule has 0 unspecified atom stereocenters. The van der Waals surface area contributed by atoms with Crippen molar-refractivity contribution in [3.63, 3.8) is 0 Å². The molecule has 0 N–H and O–H groups in total. The molecule has 1 rings (SSSR count). The molecule has 1 aliphatic carbocycles. The van der Waals surface area contributed by atoms with Gasteiger partial charge in [0.15, 0.2) is 9.84 Å². The maximum atomic E-state index is 12.2. The van der Waals surface area contributed by atoms with E-state index in [1.807, 2.05) is 0 Å². The van der Waals surface area contributed by atoms with Crippen molar-refractivity contribution in [1.29, 1.82) is 5.26 Å². The van der Waals surface area contributed by atoms with Crippen molar-refractivity contribution >= 4 is 9.84 Å². The van der Waals surface area contributed by atoms with Gasteiger partial charge in [0.1, 0.15) is 0 Å². The number of hydrogen-bond acceptors (Lipinski definition) is 3. The molecule has 19 heavy (non-hydrogen) atoms. The van der Waals surface area contributed by atoms with Crippen molar-refractivity contribution in [1.82, 2.24) is 0 Å². The summed E-state index contributed by atoms with van der Waals surface area (Å²) >= 11 is 0. The lowest BCUT2D eigenvalue weighted by atomic mass is 9.65. The normalized spacial score (nSPS) is 22.7. The first kappa shape index (κ1) is 16.5. The second-order valence-corrected chi connectivity index (χ2v) is 10.6. The number of rotatable bonds is 3. The molecule has 3 nitrogen and oxygen atoms in total. The fourth-order valence-electron chi connectivity index (χ4n) is 2.46. The molecular formula is C15H27NO2S. The maximum absolute atomic E-state index is 12.2. The second kappa shape index (κ2) is 5.09. The van der Waals surface area contributed by atoms with E-state index in [0.29, 0.717) is 11.8 Å². The smallest absolute Gasteiger partial charge is 0.155 e. The van der Waals surface area contributed by atoms with Crippen LogP contribution >= 0.6 is 0 Å². The summed E-state index contributed by atoms with van der Waals surface area (Å²) < 4.78 is 23.6. The van der Waals surface area contributed by atoms with E-state index in [-0.39, 0.29) is 5.75 Å². The summed E-state index contributed by atoms with van der Waals surface area (Å²) in [6.07, 6.45) is 4.16. The Morgan fingerprint density at radius 3 is 1.95 bits per heavy atom. The first-order chi connectivity index (χ1) is 8.43. The molecule has 0 saturated heterocycles. The maximum Gasteiger partial charge on any atom is 0.155 e. The van der Waals surface area contributed by atoms with Gasteiger partial charge in [-0.1, -0.05) is 13.8 Å².